The highest BCUT2D eigenvalue weighted by Gasteiger charge is 2.46. The van der Waals surface area contributed by atoms with Crippen molar-refractivity contribution in [3.63, 3.8) is 0 Å². The van der Waals surface area contributed by atoms with Crippen molar-refractivity contribution in [3.05, 3.63) is 71.9 Å². The number of ether oxygens (including phenoxy) is 1. The number of para-hydroxylation sites is 1. The maximum Gasteiger partial charge on any atom is 0.315 e. The lowest BCUT2D eigenvalue weighted by molar-refractivity contribution is -0.143. The van der Waals surface area contributed by atoms with Crippen molar-refractivity contribution in [2.75, 3.05) is 20.2 Å². The Labute approximate surface area is 158 Å². The topological polar surface area (TPSA) is 62.7 Å². The van der Waals surface area contributed by atoms with Gasteiger partial charge in [-0.05, 0) is 24.1 Å². The number of aliphatic carboxylic acids is 1. The molecule has 1 atom stereocenters. The summed E-state index contributed by atoms with van der Waals surface area (Å²) in [6.45, 7) is 1.83. The normalized spacial score (nSPS) is 20.0. The van der Waals surface area contributed by atoms with Crippen molar-refractivity contribution in [3.8, 4) is 5.75 Å². The summed E-state index contributed by atoms with van der Waals surface area (Å²) in [7, 11) is 1.64. The zero-order valence-corrected chi connectivity index (χ0v) is 15.3. The van der Waals surface area contributed by atoms with E-state index in [2.05, 4.69) is 4.90 Å². The first-order valence-corrected chi connectivity index (χ1v) is 9.06. The number of hydrogen-bond donors (Lipinski definition) is 1. The van der Waals surface area contributed by atoms with E-state index in [0.29, 0.717) is 19.5 Å². The van der Waals surface area contributed by atoms with E-state index >= 15 is 0 Å². The lowest BCUT2D eigenvalue weighted by atomic mass is 9.80. The molecule has 0 amide bonds. The van der Waals surface area contributed by atoms with Gasteiger partial charge in [-0.25, -0.2) is 4.98 Å². The van der Waals surface area contributed by atoms with Gasteiger partial charge < -0.3 is 9.84 Å². The van der Waals surface area contributed by atoms with Gasteiger partial charge in [-0.1, -0.05) is 48.5 Å². The molecule has 3 aromatic rings. The molecule has 5 heteroatoms. The van der Waals surface area contributed by atoms with Gasteiger partial charge in [0, 0.05) is 25.0 Å². The first kappa shape index (κ1) is 17.5. The summed E-state index contributed by atoms with van der Waals surface area (Å²) in [5.41, 5.74) is 1.77. The molecule has 1 aliphatic heterocycles. The molecule has 1 aliphatic rings. The van der Waals surface area contributed by atoms with E-state index in [1.807, 2.05) is 60.7 Å². The van der Waals surface area contributed by atoms with Crippen LogP contribution in [0.1, 0.15) is 17.7 Å². The molecule has 1 N–H and O–H groups in total. The van der Waals surface area contributed by atoms with Gasteiger partial charge in [-0.15, -0.1) is 0 Å². The molecule has 0 bridgehead atoms. The van der Waals surface area contributed by atoms with Crippen LogP contribution in [0.3, 0.4) is 0 Å². The summed E-state index contributed by atoms with van der Waals surface area (Å²) >= 11 is 0. The maximum atomic E-state index is 12.1. The van der Waals surface area contributed by atoms with Gasteiger partial charge in [-0.2, -0.15) is 0 Å². The van der Waals surface area contributed by atoms with Crippen LogP contribution in [0.2, 0.25) is 0 Å². The second-order valence-electron chi connectivity index (χ2n) is 7.05. The molecule has 2 aromatic carbocycles. The minimum Gasteiger partial charge on any atom is -0.494 e. The third kappa shape index (κ3) is 3.15. The lowest BCUT2D eigenvalue weighted by Gasteiger charge is -2.25. The summed E-state index contributed by atoms with van der Waals surface area (Å²) < 4.78 is 5.42. The zero-order chi connectivity index (χ0) is 18.9. The third-order valence-electron chi connectivity index (χ3n) is 5.43. The summed E-state index contributed by atoms with van der Waals surface area (Å²) in [6.07, 6.45) is 0.600. The summed E-state index contributed by atoms with van der Waals surface area (Å²) in [5, 5.41) is 11.0. The largest absolute Gasteiger partial charge is 0.494 e. The van der Waals surface area contributed by atoms with E-state index in [9.17, 15) is 9.90 Å². The molecular formula is C22H22N2O3. The molecule has 0 saturated carbocycles. The Morgan fingerprint density at radius 2 is 1.96 bits per heavy atom. The number of carbonyl (C=O) groups is 1. The van der Waals surface area contributed by atoms with Crippen LogP contribution in [-0.4, -0.2) is 41.2 Å². The van der Waals surface area contributed by atoms with Crippen LogP contribution >= 0.6 is 0 Å². The number of aromatic nitrogens is 1. The van der Waals surface area contributed by atoms with Crippen LogP contribution in [-0.2, 0) is 16.8 Å². The Balaban J connectivity index is 1.59. The van der Waals surface area contributed by atoms with Crippen LogP contribution in [0, 0.1) is 0 Å². The van der Waals surface area contributed by atoms with E-state index in [4.69, 9.17) is 9.72 Å². The molecule has 2 heterocycles. The number of carboxylic acid groups (broad SMARTS) is 1. The number of fused-ring (bicyclic) bond motifs is 1. The Kier molecular flexibility index (Phi) is 4.54. The van der Waals surface area contributed by atoms with Gasteiger partial charge in [0.05, 0.1) is 12.8 Å². The Morgan fingerprint density at radius 1 is 1.15 bits per heavy atom. The third-order valence-corrected chi connectivity index (χ3v) is 5.43. The molecule has 1 fully saturated rings. The van der Waals surface area contributed by atoms with Crippen LogP contribution in [0.15, 0.2) is 60.7 Å². The van der Waals surface area contributed by atoms with Crippen molar-refractivity contribution < 1.29 is 14.6 Å². The van der Waals surface area contributed by atoms with Gasteiger partial charge in [0.1, 0.15) is 16.7 Å². The standard InChI is InChI=1S/C22H22N2O3/c1-27-19-9-5-6-16-10-11-18(23-20(16)19)14-24-13-12-22(15-24,21(25)26)17-7-3-2-4-8-17/h2-11H,12-15H2,1H3,(H,25,26). The highest BCUT2D eigenvalue weighted by atomic mass is 16.5. The molecule has 138 valence electrons. The van der Waals surface area contributed by atoms with Crippen molar-refractivity contribution in [2.24, 2.45) is 0 Å². The average Bonchev–Trinajstić information content (AvgIpc) is 3.13. The molecule has 5 nitrogen and oxygen atoms in total. The molecular weight excluding hydrogens is 340 g/mol. The number of hydrogen-bond acceptors (Lipinski definition) is 4. The van der Waals surface area contributed by atoms with Gasteiger partial charge in [-0.3, -0.25) is 9.69 Å². The Hall–Kier alpha value is -2.92. The number of benzene rings is 2. The second kappa shape index (κ2) is 7.00. The number of likely N-dealkylation sites (tertiary alicyclic amines) is 1. The fourth-order valence-electron chi connectivity index (χ4n) is 3.96. The molecule has 1 saturated heterocycles. The smallest absolute Gasteiger partial charge is 0.315 e. The predicted octanol–water partition coefficient (Wildman–Crippen LogP) is 3.47. The molecule has 0 radical (unpaired) electrons. The molecule has 0 aliphatic carbocycles. The van der Waals surface area contributed by atoms with Crippen molar-refractivity contribution in [1.82, 2.24) is 9.88 Å². The highest BCUT2D eigenvalue weighted by Crippen LogP contribution is 2.35. The minimum absolute atomic E-state index is 0.484. The van der Waals surface area contributed by atoms with Crippen molar-refractivity contribution in [1.29, 1.82) is 0 Å². The quantitative estimate of drug-likeness (QED) is 0.753. The fourth-order valence-corrected chi connectivity index (χ4v) is 3.96. The fraction of sp³-hybridized carbons (Fsp3) is 0.273. The van der Waals surface area contributed by atoms with Crippen LogP contribution in [0.25, 0.3) is 10.9 Å². The summed E-state index contributed by atoms with van der Waals surface area (Å²) in [4.78, 5) is 19.1. The number of methoxy groups -OCH3 is 1. The Morgan fingerprint density at radius 3 is 2.70 bits per heavy atom. The summed E-state index contributed by atoms with van der Waals surface area (Å²) in [5.74, 6) is -0.00993. The lowest BCUT2D eigenvalue weighted by Crippen LogP contribution is -2.38. The van der Waals surface area contributed by atoms with E-state index in [1.54, 1.807) is 7.11 Å². The minimum atomic E-state index is -0.851. The van der Waals surface area contributed by atoms with Gasteiger partial charge in [0.15, 0.2) is 0 Å². The maximum absolute atomic E-state index is 12.1. The number of rotatable bonds is 5. The molecule has 1 unspecified atom stereocenters. The van der Waals surface area contributed by atoms with Crippen molar-refractivity contribution >= 4 is 16.9 Å². The Bertz CT molecular complexity index is 974. The van der Waals surface area contributed by atoms with Crippen molar-refractivity contribution in [2.45, 2.75) is 18.4 Å². The average molecular weight is 362 g/mol. The second-order valence-corrected chi connectivity index (χ2v) is 7.05. The first-order chi connectivity index (χ1) is 13.1. The van der Waals surface area contributed by atoms with E-state index < -0.39 is 11.4 Å². The molecule has 4 rings (SSSR count). The molecule has 1 aromatic heterocycles. The first-order valence-electron chi connectivity index (χ1n) is 9.06. The van der Waals surface area contributed by atoms with Gasteiger partial charge >= 0.3 is 5.97 Å². The zero-order valence-electron chi connectivity index (χ0n) is 15.3. The van der Waals surface area contributed by atoms with Gasteiger partial charge in [0.25, 0.3) is 0 Å². The summed E-state index contributed by atoms with van der Waals surface area (Å²) in [6, 6.07) is 19.5. The van der Waals surface area contributed by atoms with Gasteiger partial charge in [0.2, 0.25) is 0 Å². The molecule has 0 spiro atoms. The van der Waals surface area contributed by atoms with Crippen LogP contribution in [0.4, 0.5) is 0 Å². The molecule has 27 heavy (non-hydrogen) atoms. The van der Waals surface area contributed by atoms with E-state index in [0.717, 1.165) is 34.5 Å². The van der Waals surface area contributed by atoms with Crippen LogP contribution in [0.5, 0.6) is 5.75 Å². The van der Waals surface area contributed by atoms with E-state index in [-0.39, 0.29) is 0 Å². The number of pyridine rings is 1. The predicted molar refractivity (Wildman–Crippen MR) is 104 cm³/mol. The monoisotopic (exact) mass is 362 g/mol. The number of nitrogens with zero attached hydrogens (tertiary/aromatic N) is 2. The SMILES string of the molecule is COc1cccc2ccc(CN3CCC(C(=O)O)(c4ccccc4)C3)nc12. The van der Waals surface area contributed by atoms with Crippen LogP contribution < -0.4 is 4.74 Å². The highest BCUT2D eigenvalue weighted by molar-refractivity contribution is 5.84. The number of carboxylic acids is 1. The van der Waals surface area contributed by atoms with E-state index in [1.165, 1.54) is 0 Å².